The van der Waals surface area contributed by atoms with Crippen molar-refractivity contribution >= 4 is 16.6 Å². The van der Waals surface area contributed by atoms with Gasteiger partial charge in [0.1, 0.15) is 0 Å². The molecule has 0 bridgehead atoms. The minimum atomic E-state index is -0.412. The number of rotatable bonds is 2. The molecule has 110 valence electrons. The molecule has 1 aromatic rings. The van der Waals surface area contributed by atoms with E-state index in [2.05, 4.69) is 17.5 Å². The zero-order valence-corrected chi connectivity index (χ0v) is 13.5. The molecule has 1 N–H and O–H groups in total. The Morgan fingerprint density at radius 1 is 1.05 bits per heavy atom. The maximum atomic E-state index is 9.40. The van der Waals surface area contributed by atoms with E-state index in [1.165, 1.54) is 0 Å². The van der Waals surface area contributed by atoms with Crippen molar-refractivity contribution < 1.29 is 0 Å². The van der Waals surface area contributed by atoms with Gasteiger partial charge in [0.05, 0.1) is 29.2 Å². The van der Waals surface area contributed by atoms with Crippen molar-refractivity contribution in [1.29, 1.82) is 10.5 Å². The van der Waals surface area contributed by atoms with Crippen LogP contribution in [0.25, 0.3) is 5.03 Å². The first kappa shape index (κ1) is 15.9. The molecule has 0 amide bonds. The molecule has 22 heavy (non-hydrogen) atoms. The van der Waals surface area contributed by atoms with Gasteiger partial charge in [-0.2, -0.15) is 10.5 Å². The quantitative estimate of drug-likeness (QED) is 0.881. The molecule has 0 spiro atoms. The number of nitrogens with zero attached hydrogens (tertiary/aromatic N) is 2. The highest BCUT2D eigenvalue weighted by molar-refractivity contribution is 6.48. The number of aryl methyl sites for hydroxylation is 1. The van der Waals surface area contributed by atoms with Crippen molar-refractivity contribution in [3.63, 3.8) is 0 Å². The van der Waals surface area contributed by atoms with Crippen LogP contribution in [-0.2, 0) is 0 Å². The van der Waals surface area contributed by atoms with Crippen LogP contribution in [0, 0.1) is 35.5 Å². The molecule has 0 fully saturated rings. The first-order valence-electron chi connectivity index (χ1n) is 6.91. The van der Waals surface area contributed by atoms with Crippen molar-refractivity contribution in [1.82, 2.24) is 5.32 Å². The van der Waals surface area contributed by atoms with Crippen LogP contribution < -0.4 is 5.32 Å². The van der Waals surface area contributed by atoms with Gasteiger partial charge < -0.3 is 5.32 Å². The van der Waals surface area contributed by atoms with Crippen LogP contribution in [0.4, 0.5) is 0 Å². The number of halogens is 1. The van der Waals surface area contributed by atoms with Crippen molar-refractivity contribution in [2.24, 2.45) is 5.92 Å². The summed E-state index contributed by atoms with van der Waals surface area (Å²) in [4.78, 5) is 0. The molecule has 1 aliphatic rings. The molecule has 2 rings (SSSR count). The second-order valence-corrected chi connectivity index (χ2v) is 5.69. The van der Waals surface area contributed by atoms with Gasteiger partial charge in [0, 0.05) is 16.4 Å². The maximum absolute atomic E-state index is 9.40. The van der Waals surface area contributed by atoms with Gasteiger partial charge in [0.2, 0.25) is 0 Å². The van der Waals surface area contributed by atoms with E-state index in [0.29, 0.717) is 16.2 Å². The highest BCUT2D eigenvalue weighted by atomic mass is 35.5. The van der Waals surface area contributed by atoms with Gasteiger partial charge in [-0.05, 0) is 26.3 Å². The van der Waals surface area contributed by atoms with Crippen LogP contribution in [0.2, 0.25) is 0 Å². The maximum Gasteiger partial charge on any atom is 0.0975 e. The van der Waals surface area contributed by atoms with Gasteiger partial charge >= 0.3 is 0 Å². The van der Waals surface area contributed by atoms with Crippen LogP contribution in [0.1, 0.15) is 25.0 Å². The fourth-order valence-electron chi connectivity index (χ4n) is 2.46. The SMILES string of the molecule is CC1=C(C#N)C(/C=C(\Cl)c2ccc(C)cc2)C(C#N)=C(C)N1. The molecule has 1 aliphatic heterocycles. The topological polar surface area (TPSA) is 59.6 Å². The molecule has 0 saturated heterocycles. The lowest BCUT2D eigenvalue weighted by atomic mass is 9.86. The Bertz CT molecular complexity index is 732. The number of hydrogen-bond donors (Lipinski definition) is 1. The van der Waals surface area contributed by atoms with E-state index < -0.39 is 5.92 Å². The summed E-state index contributed by atoms with van der Waals surface area (Å²) in [6.45, 7) is 5.67. The fourth-order valence-corrected chi connectivity index (χ4v) is 2.71. The summed E-state index contributed by atoms with van der Waals surface area (Å²) in [5.41, 5.74) is 4.58. The third-order valence-electron chi connectivity index (χ3n) is 3.69. The van der Waals surface area contributed by atoms with E-state index in [0.717, 1.165) is 22.5 Å². The average molecular weight is 310 g/mol. The molecule has 1 heterocycles. The molecule has 0 radical (unpaired) electrons. The fraction of sp³-hybridized carbons (Fsp3) is 0.222. The largest absolute Gasteiger partial charge is 0.361 e. The third kappa shape index (κ3) is 3.06. The van der Waals surface area contributed by atoms with Gasteiger partial charge in [-0.15, -0.1) is 0 Å². The Kier molecular flexibility index (Phi) is 4.71. The third-order valence-corrected chi connectivity index (χ3v) is 4.03. The normalized spacial score (nSPS) is 16.2. The predicted molar refractivity (Wildman–Crippen MR) is 88.3 cm³/mol. The first-order chi connectivity index (χ1) is 10.5. The number of hydrogen-bond acceptors (Lipinski definition) is 3. The zero-order chi connectivity index (χ0) is 16.3. The van der Waals surface area contributed by atoms with Gasteiger partial charge in [-0.3, -0.25) is 0 Å². The summed E-state index contributed by atoms with van der Waals surface area (Å²) in [7, 11) is 0. The Morgan fingerprint density at radius 2 is 1.55 bits per heavy atom. The standard InChI is InChI=1S/C18H16ClN3/c1-11-4-6-14(7-5-11)18(19)8-15-16(9-20)12(2)22-13(3)17(15)10-21/h4-8,15,22H,1-3H3/b18-8-. The van der Waals surface area contributed by atoms with Gasteiger partial charge in [0.15, 0.2) is 0 Å². The van der Waals surface area contributed by atoms with Gasteiger partial charge in [0.25, 0.3) is 0 Å². The molecule has 1 aromatic carbocycles. The monoisotopic (exact) mass is 309 g/mol. The van der Waals surface area contributed by atoms with Gasteiger partial charge in [-0.25, -0.2) is 0 Å². The molecule has 3 nitrogen and oxygen atoms in total. The van der Waals surface area contributed by atoms with E-state index in [1.807, 2.05) is 45.0 Å². The Morgan fingerprint density at radius 3 is 2.00 bits per heavy atom. The van der Waals surface area contributed by atoms with Crippen LogP contribution in [-0.4, -0.2) is 0 Å². The predicted octanol–water partition coefficient (Wildman–Crippen LogP) is 4.39. The summed E-state index contributed by atoms with van der Waals surface area (Å²) in [6, 6.07) is 12.2. The molecule has 0 unspecified atom stereocenters. The van der Waals surface area contributed by atoms with Crippen molar-refractivity contribution in [3.8, 4) is 12.1 Å². The number of nitriles is 2. The molecule has 0 saturated carbocycles. The summed E-state index contributed by atoms with van der Waals surface area (Å²) >= 11 is 6.41. The molecule has 4 heteroatoms. The van der Waals surface area contributed by atoms with Crippen LogP contribution >= 0.6 is 11.6 Å². The lowest BCUT2D eigenvalue weighted by Gasteiger charge is -2.24. The highest BCUT2D eigenvalue weighted by Gasteiger charge is 2.26. The van der Waals surface area contributed by atoms with Crippen molar-refractivity contribution in [2.75, 3.05) is 0 Å². The summed E-state index contributed by atoms with van der Waals surface area (Å²) in [6.07, 6.45) is 1.77. The molecule has 0 aromatic heterocycles. The van der Waals surface area contributed by atoms with E-state index in [9.17, 15) is 10.5 Å². The first-order valence-corrected chi connectivity index (χ1v) is 7.28. The average Bonchev–Trinajstić information content (AvgIpc) is 2.48. The highest BCUT2D eigenvalue weighted by Crippen LogP contribution is 2.33. The van der Waals surface area contributed by atoms with Crippen LogP contribution in [0.5, 0.6) is 0 Å². The number of nitrogens with one attached hydrogen (secondary N) is 1. The van der Waals surface area contributed by atoms with E-state index in [-0.39, 0.29) is 0 Å². The second-order valence-electron chi connectivity index (χ2n) is 5.28. The van der Waals surface area contributed by atoms with Crippen molar-refractivity contribution in [2.45, 2.75) is 20.8 Å². The van der Waals surface area contributed by atoms with Crippen LogP contribution in [0.15, 0.2) is 52.9 Å². The van der Waals surface area contributed by atoms with E-state index in [1.54, 1.807) is 6.08 Å². The number of allylic oxidation sites excluding steroid dienone is 5. The lowest BCUT2D eigenvalue weighted by molar-refractivity contribution is 0.799. The second kappa shape index (κ2) is 6.52. The van der Waals surface area contributed by atoms with Gasteiger partial charge in [-0.1, -0.05) is 47.5 Å². The van der Waals surface area contributed by atoms with Crippen LogP contribution in [0.3, 0.4) is 0 Å². The summed E-state index contributed by atoms with van der Waals surface area (Å²) in [5, 5.41) is 22.4. The smallest absolute Gasteiger partial charge is 0.0975 e. The Hall–Kier alpha value is -2.49. The Balaban J connectivity index is 2.49. The van der Waals surface area contributed by atoms with E-state index >= 15 is 0 Å². The minimum Gasteiger partial charge on any atom is -0.361 e. The number of benzene rings is 1. The molecule has 0 atom stereocenters. The minimum absolute atomic E-state index is 0.412. The molecule has 0 aliphatic carbocycles. The van der Waals surface area contributed by atoms with Crippen molar-refractivity contribution in [3.05, 3.63) is 64.0 Å². The molecular weight excluding hydrogens is 294 g/mol. The number of dihydropyridines is 1. The summed E-state index contributed by atoms with van der Waals surface area (Å²) in [5.74, 6) is -0.412. The Labute approximate surface area is 135 Å². The summed E-state index contributed by atoms with van der Waals surface area (Å²) < 4.78 is 0. The zero-order valence-electron chi connectivity index (χ0n) is 12.7. The lowest BCUT2D eigenvalue weighted by Crippen LogP contribution is -2.23. The molecular formula is C18H16ClN3. The van der Waals surface area contributed by atoms with E-state index in [4.69, 9.17) is 11.6 Å².